The highest BCUT2D eigenvalue weighted by atomic mass is 19.1. The molecular weight excluding hydrogens is 343 g/mol. The van der Waals surface area contributed by atoms with E-state index in [0.29, 0.717) is 17.9 Å². The Hall–Kier alpha value is -2.69. The molecule has 142 valence electrons. The van der Waals surface area contributed by atoms with Crippen molar-refractivity contribution in [2.75, 3.05) is 5.32 Å². The average Bonchev–Trinajstić information content (AvgIpc) is 3.43. The summed E-state index contributed by atoms with van der Waals surface area (Å²) in [5.74, 6) is -1.05. The maximum Gasteiger partial charge on any atom is 0.228 e. The van der Waals surface area contributed by atoms with Crippen LogP contribution in [0.15, 0.2) is 42.5 Å². The molecule has 5 heteroatoms. The predicted molar refractivity (Wildman–Crippen MR) is 104 cm³/mol. The molecule has 2 amide bonds. The molecule has 2 unspecified atom stereocenters. The zero-order chi connectivity index (χ0) is 19.6. The molecule has 2 N–H and O–H groups in total. The minimum absolute atomic E-state index is 0.128. The van der Waals surface area contributed by atoms with Crippen LogP contribution in [-0.4, -0.2) is 11.8 Å². The normalized spacial score (nSPS) is 18.3. The zero-order valence-electron chi connectivity index (χ0n) is 15.9. The van der Waals surface area contributed by atoms with Crippen molar-refractivity contribution in [1.82, 2.24) is 5.32 Å². The van der Waals surface area contributed by atoms with Crippen LogP contribution in [0.2, 0.25) is 0 Å². The fourth-order valence-electron chi connectivity index (χ4n) is 3.29. The van der Waals surface area contributed by atoms with Gasteiger partial charge < -0.3 is 10.6 Å². The minimum atomic E-state index is -0.344. The molecule has 0 saturated heterocycles. The summed E-state index contributed by atoms with van der Waals surface area (Å²) in [6, 6.07) is 12.3. The number of amides is 2. The summed E-state index contributed by atoms with van der Waals surface area (Å²) in [6.45, 7) is 6.26. The average molecular weight is 368 g/mol. The van der Waals surface area contributed by atoms with Gasteiger partial charge in [0.05, 0.1) is 11.8 Å². The highest BCUT2D eigenvalue weighted by molar-refractivity contribution is 6.00. The highest BCUT2D eigenvalue weighted by Gasteiger charge is 2.48. The van der Waals surface area contributed by atoms with Gasteiger partial charge >= 0.3 is 0 Å². The van der Waals surface area contributed by atoms with E-state index in [9.17, 15) is 14.0 Å². The second-order valence-electron chi connectivity index (χ2n) is 7.44. The van der Waals surface area contributed by atoms with E-state index in [2.05, 4.69) is 24.5 Å². The van der Waals surface area contributed by atoms with Crippen molar-refractivity contribution in [3.05, 3.63) is 65.0 Å². The van der Waals surface area contributed by atoms with Crippen LogP contribution in [-0.2, 0) is 16.1 Å². The third kappa shape index (κ3) is 4.35. The van der Waals surface area contributed by atoms with Crippen LogP contribution in [0.5, 0.6) is 0 Å². The molecule has 0 aliphatic heterocycles. The van der Waals surface area contributed by atoms with Crippen LogP contribution in [0.4, 0.5) is 10.1 Å². The van der Waals surface area contributed by atoms with E-state index in [1.165, 1.54) is 6.07 Å². The fraction of sp³-hybridized carbons (Fsp3) is 0.364. The number of nitrogens with one attached hydrogen (secondary N) is 2. The topological polar surface area (TPSA) is 58.2 Å². The van der Waals surface area contributed by atoms with Gasteiger partial charge in [0.2, 0.25) is 11.8 Å². The first-order chi connectivity index (χ1) is 12.9. The summed E-state index contributed by atoms with van der Waals surface area (Å²) < 4.78 is 13.6. The monoisotopic (exact) mass is 368 g/mol. The van der Waals surface area contributed by atoms with Crippen LogP contribution in [0.25, 0.3) is 0 Å². The van der Waals surface area contributed by atoms with Crippen molar-refractivity contribution in [3.8, 4) is 0 Å². The van der Waals surface area contributed by atoms with Crippen molar-refractivity contribution < 1.29 is 14.0 Å². The molecule has 0 bridgehead atoms. The van der Waals surface area contributed by atoms with Crippen LogP contribution >= 0.6 is 0 Å². The first-order valence-electron chi connectivity index (χ1n) is 9.30. The molecule has 0 spiro atoms. The van der Waals surface area contributed by atoms with Crippen molar-refractivity contribution in [2.24, 2.45) is 11.8 Å². The second kappa shape index (κ2) is 7.91. The third-order valence-corrected chi connectivity index (χ3v) is 5.05. The van der Waals surface area contributed by atoms with Gasteiger partial charge in [0.15, 0.2) is 0 Å². The second-order valence-corrected chi connectivity index (χ2v) is 7.44. The molecule has 3 rings (SSSR count). The Labute approximate surface area is 159 Å². The summed E-state index contributed by atoms with van der Waals surface area (Å²) in [7, 11) is 0. The smallest absolute Gasteiger partial charge is 0.228 e. The molecule has 1 aliphatic carbocycles. The molecule has 4 nitrogen and oxygen atoms in total. The lowest BCUT2D eigenvalue weighted by atomic mass is 9.98. The van der Waals surface area contributed by atoms with E-state index in [1.807, 2.05) is 25.1 Å². The van der Waals surface area contributed by atoms with E-state index in [1.54, 1.807) is 18.2 Å². The summed E-state index contributed by atoms with van der Waals surface area (Å²) in [4.78, 5) is 24.9. The summed E-state index contributed by atoms with van der Waals surface area (Å²) in [6.07, 6.45) is 0.526. The number of hydrogen-bond acceptors (Lipinski definition) is 2. The predicted octanol–water partition coefficient (Wildman–Crippen LogP) is 4.15. The van der Waals surface area contributed by atoms with Gasteiger partial charge in [-0.05, 0) is 36.5 Å². The van der Waals surface area contributed by atoms with Crippen molar-refractivity contribution in [1.29, 1.82) is 0 Å². The van der Waals surface area contributed by atoms with Crippen LogP contribution in [0.3, 0.4) is 0 Å². The Kier molecular flexibility index (Phi) is 5.59. The number of aryl methyl sites for hydroxylation is 1. The van der Waals surface area contributed by atoms with Crippen LogP contribution < -0.4 is 10.6 Å². The molecule has 0 heterocycles. The third-order valence-electron chi connectivity index (χ3n) is 5.05. The standard InChI is InChI=1S/C22H25FN2O2/c1-13(2)16-9-6-7-14(3)20(16)25-22(27)18-11-17(18)21(26)24-12-15-8-4-5-10-19(15)23/h4-10,13,17-18H,11-12H2,1-3H3,(H,24,26)(H,25,27). The first-order valence-corrected chi connectivity index (χ1v) is 9.30. The molecule has 0 radical (unpaired) electrons. The molecule has 0 aromatic heterocycles. The molecule has 1 saturated carbocycles. The number of carbonyl (C=O) groups excluding carboxylic acids is 2. The Morgan fingerprint density at radius 2 is 1.78 bits per heavy atom. The van der Waals surface area contributed by atoms with Gasteiger partial charge in [0, 0.05) is 17.8 Å². The van der Waals surface area contributed by atoms with Gasteiger partial charge in [0.1, 0.15) is 5.82 Å². The largest absolute Gasteiger partial charge is 0.352 e. The maximum atomic E-state index is 13.6. The number of para-hydroxylation sites is 1. The van der Waals surface area contributed by atoms with Crippen molar-refractivity contribution >= 4 is 17.5 Å². The van der Waals surface area contributed by atoms with E-state index in [4.69, 9.17) is 0 Å². The quantitative estimate of drug-likeness (QED) is 0.805. The number of halogens is 1. The summed E-state index contributed by atoms with van der Waals surface area (Å²) in [5.41, 5.74) is 3.38. The van der Waals surface area contributed by atoms with Gasteiger partial charge in [-0.1, -0.05) is 50.2 Å². The molecular formula is C22H25FN2O2. The van der Waals surface area contributed by atoms with Crippen LogP contribution in [0, 0.1) is 24.6 Å². The summed E-state index contributed by atoms with van der Waals surface area (Å²) >= 11 is 0. The number of anilines is 1. The van der Waals surface area contributed by atoms with Crippen molar-refractivity contribution in [3.63, 3.8) is 0 Å². The van der Waals surface area contributed by atoms with Gasteiger partial charge in [-0.25, -0.2) is 4.39 Å². The molecule has 1 fully saturated rings. The maximum absolute atomic E-state index is 13.6. The Bertz CT molecular complexity index is 863. The Balaban J connectivity index is 1.58. The van der Waals surface area contributed by atoms with Crippen molar-refractivity contribution in [2.45, 2.75) is 39.7 Å². The Morgan fingerprint density at radius 1 is 1.07 bits per heavy atom. The molecule has 2 atom stereocenters. The summed E-state index contributed by atoms with van der Waals surface area (Å²) in [5, 5.41) is 5.74. The number of carbonyl (C=O) groups is 2. The van der Waals surface area contributed by atoms with E-state index in [-0.39, 0.29) is 36.0 Å². The van der Waals surface area contributed by atoms with Gasteiger partial charge in [-0.15, -0.1) is 0 Å². The molecule has 1 aliphatic rings. The van der Waals surface area contributed by atoms with Gasteiger partial charge in [-0.3, -0.25) is 9.59 Å². The Morgan fingerprint density at radius 3 is 2.48 bits per heavy atom. The SMILES string of the molecule is Cc1cccc(C(C)C)c1NC(=O)C1CC1C(=O)NCc1ccccc1F. The molecule has 2 aromatic rings. The van der Waals surface area contributed by atoms with Gasteiger partial charge in [0.25, 0.3) is 0 Å². The van der Waals surface area contributed by atoms with E-state index in [0.717, 1.165) is 16.8 Å². The van der Waals surface area contributed by atoms with Gasteiger partial charge in [-0.2, -0.15) is 0 Å². The molecule has 2 aromatic carbocycles. The zero-order valence-corrected chi connectivity index (χ0v) is 15.9. The first kappa shape index (κ1) is 19.1. The molecule has 27 heavy (non-hydrogen) atoms. The highest BCUT2D eigenvalue weighted by Crippen LogP contribution is 2.40. The minimum Gasteiger partial charge on any atom is -0.352 e. The lowest BCUT2D eigenvalue weighted by Crippen LogP contribution is -2.27. The number of rotatable bonds is 6. The van der Waals surface area contributed by atoms with Crippen LogP contribution in [0.1, 0.15) is 42.9 Å². The van der Waals surface area contributed by atoms with E-state index >= 15 is 0 Å². The number of benzene rings is 2. The lowest BCUT2D eigenvalue weighted by Gasteiger charge is -2.16. The van der Waals surface area contributed by atoms with E-state index < -0.39 is 0 Å². The number of hydrogen-bond donors (Lipinski definition) is 2. The fourth-order valence-corrected chi connectivity index (χ4v) is 3.29. The lowest BCUT2D eigenvalue weighted by molar-refractivity contribution is -0.125.